The third-order valence-corrected chi connectivity index (χ3v) is 4.70. The number of likely N-dealkylation sites (tertiary alicyclic amines) is 1. The molecular weight excluding hydrogens is 326 g/mol. The maximum Gasteiger partial charge on any atom is 0.271 e. The van der Waals surface area contributed by atoms with Crippen molar-refractivity contribution >= 4 is 17.5 Å². The van der Waals surface area contributed by atoms with Crippen LogP contribution in [-0.2, 0) is 0 Å². The van der Waals surface area contributed by atoms with E-state index in [0.717, 1.165) is 25.3 Å². The van der Waals surface area contributed by atoms with E-state index in [0.29, 0.717) is 24.1 Å². The standard InChI is InChI=1S/C18H28ClN3O2/c1-3-24-16-7-6-15(19)17(21-16)18(23)20-10-4-5-11-22-12-8-14(2)9-13-22/h6-7,14H,3-5,8-13H2,1-2H3,(H,20,23). The average Bonchev–Trinajstić information content (AvgIpc) is 2.58. The van der Waals surface area contributed by atoms with Gasteiger partial charge in [0.25, 0.3) is 5.91 Å². The van der Waals surface area contributed by atoms with Gasteiger partial charge in [-0.3, -0.25) is 4.79 Å². The minimum Gasteiger partial charge on any atom is -0.478 e. The molecule has 0 radical (unpaired) electrons. The third-order valence-electron chi connectivity index (χ3n) is 4.39. The average molecular weight is 354 g/mol. The van der Waals surface area contributed by atoms with Crippen molar-refractivity contribution in [2.24, 2.45) is 5.92 Å². The molecule has 5 nitrogen and oxygen atoms in total. The van der Waals surface area contributed by atoms with Gasteiger partial charge in [-0.15, -0.1) is 0 Å². The molecule has 1 saturated heterocycles. The highest BCUT2D eigenvalue weighted by molar-refractivity contribution is 6.33. The highest BCUT2D eigenvalue weighted by Gasteiger charge is 2.15. The van der Waals surface area contributed by atoms with Gasteiger partial charge in [-0.1, -0.05) is 18.5 Å². The van der Waals surface area contributed by atoms with Crippen molar-refractivity contribution in [1.29, 1.82) is 0 Å². The van der Waals surface area contributed by atoms with Gasteiger partial charge >= 0.3 is 0 Å². The monoisotopic (exact) mass is 353 g/mol. The van der Waals surface area contributed by atoms with E-state index in [9.17, 15) is 4.79 Å². The van der Waals surface area contributed by atoms with Crippen molar-refractivity contribution < 1.29 is 9.53 Å². The maximum atomic E-state index is 12.2. The number of hydrogen-bond acceptors (Lipinski definition) is 4. The molecule has 1 aliphatic heterocycles. The Balaban J connectivity index is 1.68. The first-order valence-corrected chi connectivity index (χ1v) is 9.27. The predicted molar refractivity (Wildman–Crippen MR) is 96.8 cm³/mol. The lowest BCUT2D eigenvalue weighted by Crippen LogP contribution is -2.34. The number of rotatable bonds is 8. The predicted octanol–water partition coefficient (Wildman–Crippen LogP) is 3.38. The maximum absolute atomic E-state index is 12.2. The zero-order valence-corrected chi connectivity index (χ0v) is 15.4. The van der Waals surface area contributed by atoms with Crippen LogP contribution in [0.2, 0.25) is 5.02 Å². The van der Waals surface area contributed by atoms with Crippen LogP contribution in [0.4, 0.5) is 0 Å². The molecule has 1 aliphatic rings. The van der Waals surface area contributed by atoms with Crippen LogP contribution in [0.15, 0.2) is 12.1 Å². The van der Waals surface area contributed by atoms with E-state index >= 15 is 0 Å². The minimum atomic E-state index is -0.242. The van der Waals surface area contributed by atoms with Crippen LogP contribution in [0, 0.1) is 5.92 Å². The van der Waals surface area contributed by atoms with Crippen LogP contribution < -0.4 is 10.1 Å². The molecule has 6 heteroatoms. The quantitative estimate of drug-likeness (QED) is 0.728. The van der Waals surface area contributed by atoms with Gasteiger partial charge in [0.05, 0.1) is 11.6 Å². The van der Waals surface area contributed by atoms with Crippen LogP contribution in [-0.4, -0.2) is 48.6 Å². The SMILES string of the molecule is CCOc1ccc(Cl)c(C(=O)NCCCCN2CCC(C)CC2)n1. The highest BCUT2D eigenvalue weighted by Crippen LogP contribution is 2.18. The van der Waals surface area contributed by atoms with Crippen molar-refractivity contribution in [1.82, 2.24) is 15.2 Å². The van der Waals surface area contributed by atoms with E-state index in [-0.39, 0.29) is 11.6 Å². The Morgan fingerprint density at radius 1 is 1.38 bits per heavy atom. The van der Waals surface area contributed by atoms with E-state index in [2.05, 4.69) is 22.1 Å². The zero-order chi connectivity index (χ0) is 17.4. The summed E-state index contributed by atoms with van der Waals surface area (Å²) in [5.41, 5.74) is 0.229. The number of piperidine rings is 1. The molecule has 0 spiro atoms. The second-order valence-corrected chi connectivity index (χ2v) is 6.81. The number of ether oxygens (including phenoxy) is 1. The topological polar surface area (TPSA) is 54.5 Å². The first kappa shape index (κ1) is 19.0. The molecule has 2 heterocycles. The molecular formula is C18H28ClN3O2. The van der Waals surface area contributed by atoms with Crippen molar-refractivity contribution in [2.75, 3.05) is 32.8 Å². The van der Waals surface area contributed by atoms with E-state index in [1.165, 1.54) is 25.9 Å². The molecule has 0 atom stereocenters. The Morgan fingerprint density at radius 3 is 2.83 bits per heavy atom. The normalized spacial score (nSPS) is 16.1. The van der Waals surface area contributed by atoms with Gasteiger partial charge in [0, 0.05) is 12.6 Å². The summed E-state index contributed by atoms with van der Waals surface area (Å²) in [6.45, 7) is 8.87. The number of amides is 1. The summed E-state index contributed by atoms with van der Waals surface area (Å²) in [4.78, 5) is 18.9. The zero-order valence-electron chi connectivity index (χ0n) is 14.7. The molecule has 1 fully saturated rings. The van der Waals surface area contributed by atoms with Gasteiger partial charge in [0.1, 0.15) is 0 Å². The molecule has 1 aromatic heterocycles. The van der Waals surface area contributed by atoms with Gasteiger partial charge < -0.3 is 15.0 Å². The van der Waals surface area contributed by atoms with Crippen LogP contribution in [0.5, 0.6) is 5.88 Å². The molecule has 134 valence electrons. The molecule has 0 aromatic carbocycles. The number of carbonyl (C=O) groups excluding carboxylic acids is 1. The van der Waals surface area contributed by atoms with E-state index in [1.807, 2.05) is 6.92 Å². The number of nitrogens with one attached hydrogen (secondary N) is 1. The lowest BCUT2D eigenvalue weighted by atomic mass is 9.99. The fourth-order valence-corrected chi connectivity index (χ4v) is 3.03. The lowest BCUT2D eigenvalue weighted by Gasteiger charge is -2.30. The van der Waals surface area contributed by atoms with Gasteiger partial charge in [-0.2, -0.15) is 0 Å². The van der Waals surface area contributed by atoms with Gasteiger partial charge in [-0.05, 0) is 64.2 Å². The molecule has 0 aliphatic carbocycles. The highest BCUT2D eigenvalue weighted by atomic mass is 35.5. The first-order chi connectivity index (χ1) is 11.6. The smallest absolute Gasteiger partial charge is 0.271 e. The molecule has 1 aromatic rings. The number of nitrogens with zero attached hydrogens (tertiary/aromatic N) is 2. The number of hydrogen-bond donors (Lipinski definition) is 1. The van der Waals surface area contributed by atoms with Crippen molar-refractivity contribution in [3.8, 4) is 5.88 Å². The van der Waals surface area contributed by atoms with Crippen molar-refractivity contribution in [3.63, 3.8) is 0 Å². The van der Waals surface area contributed by atoms with Crippen LogP contribution in [0.3, 0.4) is 0 Å². The fraction of sp³-hybridized carbons (Fsp3) is 0.667. The van der Waals surface area contributed by atoms with E-state index in [1.54, 1.807) is 12.1 Å². The molecule has 2 rings (SSSR count). The van der Waals surface area contributed by atoms with Crippen molar-refractivity contribution in [3.05, 3.63) is 22.8 Å². The number of pyridine rings is 1. The molecule has 0 bridgehead atoms. The lowest BCUT2D eigenvalue weighted by molar-refractivity contribution is 0.0946. The minimum absolute atomic E-state index is 0.229. The Bertz CT molecular complexity index is 531. The number of halogens is 1. The summed E-state index contributed by atoms with van der Waals surface area (Å²) >= 11 is 6.06. The molecule has 1 amide bonds. The van der Waals surface area contributed by atoms with Crippen LogP contribution >= 0.6 is 11.6 Å². The number of aromatic nitrogens is 1. The molecule has 0 unspecified atom stereocenters. The second-order valence-electron chi connectivity index (χ2n) is 6.40. The largest absolute Gasteiger partial charge is 0.478 e. The Hall–Kier alpha value is -1.33. The van der Waals surface area contributed by atoms with Crippen LogP contribution in [0.1, 0.15) is 50.0 Å². The summed E-state index contributed by atoms with van der Waals surface area (Å²) in [5, 5.41) is 3.24. The summed E-state index contributed by atoms with van der Waals surface area (Å²) in [7, 11) is 0. The second kappa shape index (κ2) is 9.84. The van der Waals surface area contributed by atoms with Crippen LogP contribution in [0.25, 0.3) is 0 Å². The Morgan fingerprint density at radius 2 is 2.12 bits per heavy atom. The molecule has 1 N–H and O–H groups in total. The van der Waals surface area contributed by atoms with Gasteiger partial charge in [0.2, 0.25) is 5.88 Å². The van der Waals surface area contributed by atoms with Gasteiger partial charge in [0.15, 0.2) is 5.69 Å². The summed E-state index contributed by atoms with van der Waals surface area (Å²) in [5.74, 6) is 1.05. The number of unbranched alkanes of at least 4 members (excludes halogenated alkanes) is 1. The fourth-order valence-electron chi connectivity index (χ4n) is 2.84. The third kappa shape index (κ3) is 5.95. The molecule has 24 heavy (non-hydrogen) atoms. The summed E-state index contributed by atoms with van der Waals surface area (Å²) < 4.78 is 5.31. The summed E-state index contributed by atoms with van der Waals surface area (Å²) in [6.07, 6.45) is 4.66. The van der Waals surface area contributed by atoms with E-state index in [4.69, 9.17) is 16.3 Å². The van der Waals surface area contributed by atoms with Gasteiger partial charge in [-0.25, -0.2) is 4.98 Å². The molecule has 0 saturated carbocycles. The van der Waals surface area contributed by atoms with E-state index < -0.39 is 0 Å². The van der Waals surface area contributed by atoms with Crippen molar-refractivity contribution in [2.45, 2.75) is 39.5 Å². The Labute approximate surface area is 149 Å². The number of carbonyl (C=O) groups is 1. The first-order valence-electron chi connectivity index (χ1n) is 8.90. The Kier molecular flexibility index (Phi) is 7.79. The summed E-state index contributed by atoms with van der Waals surface area (Å²) in [6, 6.07) is 3.31.